The predicted molar refractivity (Wildman–Crippen MR) is 116 cm³/mol. The van der Waals surface area contributed by atoms with Gasteiger partial charge in [-0.15, -0.1) is 11.3 Å². The van der Waals surface area contributed by atoms with Crippen molar-refractivity contribution >= 4 is 38.2 Å². The van der Waals surface area contributed by atoms with E-state index in [0.29, 0.717) is 44.9 Å². The Bertz CT molecular complexity index is 1060. The highest BCUT2D eigenvalue weighted by molar-refractivity contribution is 7.23. The molecule has 0 bridgehead atoms. The summed E-state index contributed by atoms with van der Waals surface area (Å²) in [7, 11) is 5.11. The number of benzene rings is 2. The lowest BCUT2D eigenvalue weighted by Gasteiger charge is -2.14. The van der Waals surface area contributed by atoms with Crippen LogP contribution in [0.25, 0.3) is 10.1 Å². The van der Waals surface area contributed by atoms with E-state index in [1.54, 1.807) is 0 Å². The molecule has 3 rings (SSSR count). The third-order valence-corrected chi connectivity index (χ3v) is 5.79. The maximum Gasteiger partial charge on any atom is 0.341 e. The van der Waals surface area contributed by atoms with Crippen LogP contribution in [0.1, 0.15) is 38.8 Å². The van der Waals surface area contributed by atoms with E-state index in [4.69, 9.17) is 4.74 Å². The second kappa shape index (κ2) is 8.63. The zero-order valence-electron chi connectivity index (χ0n) is 16.9. The van der Waals surface area contributed by atoms with Gasteiger partial charge < -0.3 is 20.1 Å². The summed E-state index contributed by atoms with van der Waals surface area (Å²) in [5, 5.41) is 15.0. The van der Waals surface area contributed by atoms with Gasteiger partial charge in [0.05, 0.1) is 7.11 Å². The summed E-state index contributed by atoms with van der Waals surface area (Å²) < 4.78 is 5.73. The highest BCUT2D eigenvalue weighted by Crippen LogP contribution is 2.43. The fourth-order valence-electron chi connectivity index (χ4n) is 3.26. The highest BCUT2D eigenvalue weighted by Gasteiger charge is 2.27. The van der Waals surface area contributed by atoms with Gasteiger partial charge in [-0.05, 0) is 32.6 Å². The fraction of sp³-hybridized carbons (Fsp3) is 0.273. The first-order valence-electron chi connectivity index (χ1n) is 9.16. The number of Topliss-reactive ketones (excluding diaryl/α,β-unsaturated/α-hetero) is 1. The Hall–Kier alpha value is -2.90. The first-order chi connectivity index (χ1) is 13.8. The van der Waals surface area contributed by atoms with Gasteiger partial charge in [0, 0.05) is 34.3 Å². The van der Waals surface area contributed by atoms with E-state index in [0.717, 1.165) is 5.56 Å². The molecule has 2 N–H and O–H groups in total. The van der Waals surface area contributed by atoms with Gasteiger partial charge in [-0.1, -0.05) is 30.3 Å². The van der Waals surface area contributed by atoms with Crippen molar-refractivity contribution in [2.24, 2.45) is 0 Å². The number of carbonyl (C=O) groups excluding carboxylic acids is 2. The van der Waals surface area contributed by atoms with Crippen LogP contribution in [0.4, 0.5) is 5.00 Å². The lowest BCUT2D eigenvalue weighted by atomic mass is 9.99. The van der Waals surface area contributed by atoms with Crippen molar-refractivity contribution in [1.82, 2.24) is 4.90 Å². The first kappa shape index (κ1) is 20.8. The Labute approximate surface area is 173 Å². The second-order valence-corrected chi connectivity index (χ2v) is 8.08. The smallest absolute Gasteiger partial charge is 0.341 e. The van der Waals surface area contributed by atoms with Crippen molar-refractivity contribution in [3.8, 4) is 5.75 Å². The molecular formula is C22H24N2O4S. The summed E-state index contributed by atoms with van der Waals surface area (Å²) >= 11 is 1.35. The van der Waals surface area contributed by atoms with E-state index in [1.807, 2.05) is 49.3 Å². The van der Waals surface area contributed by atoms with E-state index in [2.05, 4.69) is 5.32 Å². The maximum absolute atomic E-state index is 12.7. The monoisotopic (exact) mass is 412 g/mol. The van der Waals surface area contributed by atoms with Crippen LogP contribution in [0.15, 0.2) is 36.4 Å². The second-order valence-electron chi connectivity index (χ2n) is 7.06. The molecule has 3 aromatic rings. The summed E-state index contributed by atoms with van der Waals surface area (Å²) in [6, 6.07) is 11.3. The maximum atomic E-state index is 12.7. The number of methoxy groups -OCH3 is 1. The number of anilines is 1. The van der Waals surface area contributed by atoms with E-state index < -0.39 is 5.97 Å². The molecule has 0 aliphatic rings. The number of nitrogens with zero attached hydrogens (tertiary/aromatic N) is 1. The standard InChI is InChI=1S/C22H24N2O4S/c1-13(25)15-10-17(26)16(12-24(2)3)20-18(15)19(22(27)28-4)21(29-20)23-11-14-8-6-5-7-9-14/h5-10,23,26H,11-12H2,1-4H3. The van der Waals surface area contributed by atoms with Crippen molar-refractivity contribution in [3.05, 3.63) is 58.7 Å². The van der Waals surface area contributed by atoms with Crippen LogP contribution in [0.3, 0.4) is 0 Å². The van der Waals surface area contributed by atoms with Gasteiger partial charge in [0.2, 0.25) is 0 Å². The van der Waals surface area contributed by atoms with Crippen LogP contribution in [0, 0.1) is 0 Å². The molecule has 1 aromatic heterocycles. The topological polar surface area (TPSA) is 78.9 Å². The number of ether oxygens (including phenoxy) is 1. The summed E-state index contributed by atoms with van der Waals surface area (Å²) in [6.45, 7) is 2.41. The number of hydrogen-bond acceptors (Lipinski definition) is 7. The Balaban J connectivity index is 2.23. The Kier molecular flexibility index (Phi) is 6.20. The van der Waals surface area contributed by atoms with Crippen molar-refractivity contribution in [1.29, 1.82) is 0 Å². The number of rotatable bonds is 7. The average Bonchev–Trinajstić information content (AvgIpc) is 3.07. The van der Waals surface area contributed by atoms with Gasteiger partial charge in [-0.2, -0.15) is 0 Å². The zero-order valence-corrected chi connectivity index (χ0v) is 17.7. The third kappa shape index (κ3) is 4.26. The quantitative estimate of drug-likeness (QED) is 0.446. The van der Waals surface area contributed by atoms with Crippen LogP contribution < -0.4 is 5.32 Å². The van der Waals surface area contributed by atoms with Gasteiger partial charge in [0.1, 0.15) is 16.3 Å². The highest BCUT2D eigenvalue weighted by atomic mass is 32.1. The molecule has 6 nitrogen and oxygen atoms in total. The molecule has 0 unspecified atom stereocenters. The van der Waals surface area contributed by atoms with Crippen molar-refractivity contribution in [2.45, 2.75) is 20.0 Å². The van der Waals surface area contributed by atoms with Gasteiger partial charge in [0.15, 0.2) is 5.78 Å². The number of phenolic OH excluding ortho intramolecular Hbond substituents is 1. The van der Waals surface area contributed by atoms with Gasteiger partial charge in [-0.25, -0.2) is 4.79 Å². The zero-order chi connectivity index (χ0) is 21.1. The number of nitrogens with one attached hydrogen (secondary N) is 1. The molecule has 0 spiro atoms. The van der Waals surface area contributed by atoms with E-state index >= 15 is 0 Å². The minimum absolute atomic E-state index is 0.0451. The summed E-state index contributed by atoms with van der Waals surface area (Å²) in [5.74, 6) is -0.696. The van der Waals surface area contributed by atoms with Crippen molar-refractivity contribution in [3.63, 3.8) is 0 Å². The Morgan fingerprint density at radius 3 is 2.48 bits per heavy atom. The van der Waals surface area contributed by atoms with Crippen LogP contribution in [0.2, 0.25) is 0 Å². The number of thiophene rings is 1. The lowest BCUT2D eigenvalue weighted by molar-refractivity contribution is 0.0604. The average molecular weight is 413 g/mol. The molecule has 2 aromatic carbocycles. The molecule has 7 heteroatoms. The molecule has 0 amide bonds. The SMILES string of the molecule is COC(=O)c1c(NCc2ccccc2)sc2c(CN(C)C)c(O)cc(C(C)=O)c12. The molecule has 0 aliphatic heterocycles. The molecule has 0 saturated carbocycles. The number of aromatic hydroxyl groups is 1. The summed E-state index contributed by atoms with van der Waals surface area (Å²) in [4.78, 5) is 26.9. The number of esters is 1. The molecule has 0 fully saturated rings. The van der Waals surface area contributed by atoms with Crippen LogP contribution in [0.5, 0.6) is 5.75 Å². The number of carbonyl (C=O) groups is 2. The van der Waals surface area contributed by atoms with Crippen molar-refractivity contribution < 1.29 is 19.4 Å². The molecule has 29 heavy (non-hydrogen) atoms. The third-order valence-electron chi connectivity index (χ3n) is 4.58. The minimum Gasteiger partial charge on any atom is -0.508 e. The lowest BCUT2D eigenvalue weighted by Crippen LogP contribution is -2.12. The molecule has 0 saturated heterocycles. The van der Waals surface area contributed by atoms with Gasteiger partial charge >= 0.3 is 5.97 Å². The molecule has 0 aliphatic carbocycles. The number of phenols is 1. The Morgan fingerprint density at radius 1 is 1.21 bits per heavy atom. The van der Waals surface area contributed by atoms with Crippen LogP contribution >= 0.6 is 11.3 Å². The van der Waals surface area contributed by atoms with E-state index in [-0.39, 0.29) is 11.5 Å². The number of hydrogen-bond donors (Lipinski definition) is 2. The summed E-state index contributed by atoms with van der Waals surface area (Å²) in [5.41, 5.74) is 2.37. The molecule has 1 heterocycles. The summed E-state index contributed by atoms with van der Waals surface area (Å²) in [6.07, 6.45) is 0. The molecule has 0 radical (unpaired) electrons. The number of ketones is 1. The number of fused-ring (bicyclic) bond motifs is 1. The fourth-order valence-corrected chi connectivity index (χ4v) is 4.50. The van der Waals surface area contributed by atoms with Gasteiger partial charge in [-0.3, -0.25) is 4.79 Å². The molecule has 152 valence electrons. The van der Waals surface area contributed by atoms with Crippen LogP contribution in [-0.4, -0.2) is 43.0 Å². The minimum atomic E-state index is -0.518. The Morgan fingerprint density at radius 2 is 1.90 bits per heavy atom. The van der Waals surface area contributed by atoms with E-state index in [1.165, 1.54) is 31.4 Å². The van der Waals surface area contributed by atoms with Crippen molar-refractivity contribution in [2.75, 3.05) is 26.5 Å². The van der Waals surface area contributed by atoms with Gasteiger partial charge in [0.25, 0.3) is 0 Å². The van der Waals surface area contributed by atoms with Crippen LogP contribution in [-0.2, 0) is 17.8 Å². The molecule has 0 atom stereocenters. The first-order valence-corrected chi connectivity index (χ1v) is 9.98. The molecular weight excluding hydrogens is 388 g/mol. The normalized spacial score (nSPS) is 11.1. The predicted octanol–water partition coefficient (Wildman–Crippen LogP) is 4.27. The largest absolute Gasteiger partial charge is 0.508 e. The van der Waals surface area contributed by atoms with E-state index in [9.17, 15) is 14.7 Å².